The Bertz CT molecular complexity index is 441. The number of hydrogen-bond acceptors (Lipinski definition) is 2. The van der Waals surface area contributed by atoms with Crippen molar-refractivity contribution < 1.29 is 9.90 Å². The maximum Gasteiger partial charge on any atom is 0.228 e. The van der Waals surface area contributed by atoms with Crippen LogP contribution in [0.15, 0.2) is 30.3 Å². The van der Waals surface area contributed by atoms with E-state index in [4.69, 9.17) is 0 Å². The van der Waals surface area contributed by atoms with Crippen LogP contribution < -0.4 is 0 Å². The van der Waals surface area contributed by atoms with Gasteiger partial charge < -0.3 is 10.0 Å². The van der Waals surface area contributed by atoms with Crippen molar-refractivity contribution in [1.82, 2.24) is 4.90 Å². The molecule has 3 nitrogen and oxygen atoms in total. The summed E-state index contributed by atoms with van der Waals surface area (Å²) >= 11 is 0. The van der Waals surface area contributed by atoms with Crippen molar-refractivity contribution in [3.63, 3.8) is 0 Å². The summed E-state index contributed by atoms with van der Waals surface area (Å²) in [7, 11) is 0. The molecule has 3 heteroatoms. The van der Waals surface area contributed by atoms with E-state index in [1.54, 1.807) is 0 Å². The number of rotatable bonds is 3. The Morgan fingerprint density at radius 2 is 2.00 bits per heavy atom. The number of amides is 1. The molecule has 0 saturated carbocycles. The molecule has 0 radical (unpaired) electrons. The third-order valence-electron chi connectivity index (χ3n) is 4.23. The lowest BCUT2D eigenvalue weighted by atomic mass is 9.88. The summed E-state index contributed by atoms with van der Waals surface area (Å²) in [5.41, 5.74) is 0.657. The summed E-state index contributed by atoms with van der Waals surface area (Å²) in [4.78, 5) is 14.5. The van der Waals surface area contributed by atoms with E-state index < -0.39 is 6.10 Å². The Morgan fingerprint density at radius 1 is 1.37 bits per heavy atom. The highest BCUT2D eigenvalue weighted by Gasteiger charge is 2.41. The molecule has 1 N–H and O–H groups in total. The number of likely N-dealkylation sites (tertiary alicyclic amines) is 1. The monoisotopic (exact) mass is 261 g/mol. The van der Waals surface area contributed by atoms with E-state index in [9.17, 15) is 9.90 Å². The molecule has 1 amide bonds. The predicted molar refractivity (Wildman–Crippen MR) is 75.6 cm³/mol. The van der Waals surface area contributed by atoms with Gasteiger partial charge >= 0.3 is 0 Å². The summed E-state index contributed by atoms with van der Waals surface area (Å²) in [5.74, 6) is 0.139. The molecule has 19 heavy (non-hydrogen) atoms. The van der Waals surface area contributed by atoms with Gasteiger partial charge in [-0.3, -0.25) is 4.79 Å². The summed E-state index contributed by atoms with van der Waals surface area (Å²) in [6.45, 7) is 6.62. The zero-order valence-electron chi connectivity index (χ0n) is 12.0. The smallest absolute Gasteiger partial charge is 0.228 e. The van der Waals surface area contributed by atoms with Crippen LogP contribution in [0, 0.1) is 5.41 Å². The molecule has 1 aromatic carbocycles. The molecule has 0 aromatic heterocycles. The van der Waals surface area contributed by atoms with Gasteiger partial charge in [0.2, 0.25) is 5.91 Å². The number of carbonyl (C=O) groups is 1. The molecule has 0 spiro atoms. The fraction of sp³-hybridized carbons (Fsp3) is 0.562. The van der Waals surface area contributed by atoms with Crippen molar-refractivity contribution in [2.24, 2.45) is 5.41 Å². The average molecular weight is 261 g/mol. The van der Waals surface area contributed by atoms with Gasteiger partial charge in [0, 0.05) is 12.0 Å². The highest BCUT2D eigenvalue weighted by atomic mass is 16.3. The van der Waals surface area contributed by atoms with Gasteiger partial charge in [0.15, 0.2) is 0 Å². The Hall–Kier alpha value is -1.35. The molecule has 104 valence electrons. The fourth-order valence-electron chi connectivity index (χ4n) is 2.60. The van der Waals surface area contributed by atoms with E-state index in [1.165, 1.54) is 0 Å². The first kappa shape index (κ1) is 14.1. The van der Waals surface area contributed by atoms with Gasteiger partial charge in [0.05, 0.1) is 12.1 Å². The van der Waals surface area contributed by atoms with E-state index in [1.807, 2.05) is 56.0 Å². The molecule has 1 fully saturated rings. The molecule has 1 aliphatic rings. The molecule has 0 aliphatic carbocycles. The van der Waals surface area contributed by atoms with Gasteiger partial charge in [0.1, 0.15) is 0 Å². The number of nitrogens with zero attached hydrogens (tertiary/aromatic N) is 1. The summed E-state index contributed by atoms with van der Waals surface area (Å²) < 4.78 is 0. The van der Waals surface area contributed by atoms with Gasteiger partial charge in [-0.25, -0.2) is 0 Å². The molecule has 2 atom stereocenters. The predicted octanol–water partition coefficient (Wildman–Crippen LogP) is 2.76. The van der Waals surface area contributed by atoms with Crippen molar-refractivity contribution in [3.8, 4) is 0 Å². The molecule has 1 heterocycles. The molecule has 1 aliphatic heterocycles. The van der Waals surface area contributed by atoms with E-state index in [0.717, 1.165) is 12.0 Å². The maximum atomic E-state index is 12.6. The van der Waals surface area contributed by atoms with Crippen LogP contribution >= 0.6 is 0 Å². The lowest BCUT2D eigenvalue weighted by Crippen LogP contribution is -2.41. The minimum atomic E-state index is -0.459. The van der Waals surface area contributed by atoms with Crippen LogP contribution in [-0.2, 0) is 4.79 Å². The molecular formula is C16H23NO2. The number of benzene rings is 1. The lowest BCUT2D eigenvalue weighted by Gasteiger charge is -2.33. The first-order valence-electron chi connectivity index (χ1n) is 7.01. The van der Waals surface area contributed by atoms with Gasteiger partial charge in [-0.1, -0.05) is 51.1 Å². The Morgan fingerprint density at radius 3 is 2.58 bits per heavy atom. The number of aliphatic hydroxyl groups is 1. The van der Waals surface area contributed by atoms with Crippen LogP contribution in [0.5, 0.6) is 0 Å². The van der Waals surface area contributed by atoms with Crippen LogP contribution in [-0.4, -0.2) is 28.6 Å². The molecular weight excluding hydrogens is 238 g/mol. The number of aliphatic hydroxyl groups excluding tert-OH is 1. The van der Waals surface area contributed by atoms with E-state index in [-0.39, 0.29) is 17.4 Å². The summed E-state index contributed by atoms with van der Waals surface area (Å²) in [6, 6.07) is 9.63. The highest BCUT2D eigenvalue weighted by Crippen LogP contribution is 2.36. The van der Waals surface area contributed by atoms with Gasteiger partial charge in [-0.2, -0.15) is 0 Å². The minimum absolute atomic E-state index is 0.139. The van der Waals surface area contributed by atoms with Crippen molar-refractivity contribution >= 4 is 5.91 Å². The Balaban J connectivity index is 2.28. The minimum Gasteiger partial charge on any atom is -0.391 e. The van der Waals surface area contributed by atoms with Crippen molar-refractivity contribution in [1.29, 1.82) is 0 Å². The second-order valence-electron chi connectivity index (χ2n) is 5.95. The number of carbonyl (C=O) groups excluding carboxylic acids is 1. The van der Waals surface area contributed by atoms with E-state index in [2.05, 4.69) is 0 Å². The van der Waals surface area contributed by atoms with Crippen LogP contribution in [0.4, 0.5) is 0 Å². The SMILES string of the molecule is CCC(C)(C)C(=O)N1CC[C@H](O)[C@H]1c1ccccc1. The van der Waals surface area contributed by atoms with Crippen molar-refractivity contribution in [3.05, 3.63) is 35.9 Å². The van der Waals surface area contributed by atoms with Crippen LogP contribution in [0.25, 0.3) is 0 Å². The third-order valence-corrected chi connectivity index (χ3v) is 4.23. The third kappa shape index (κ3) is 2.66. The van der Waals surface area contributed by atoms with Crippen LogP contribution in [0.2, 0.25) is 0 Å². The van der Waals surface area contributed by atoms with Gasteiger partial charge in [0.25, 0.3) is 0 Å². The topological polar surface area (TPSA) is 40.5 Å². The Kier molecular flexibility index (Phi) is 3.95. The average Bonchev–Trinajstić information content (AvgIpc) is 2.80. The first-order valence-corrected chi connectivity index (χ1v) is 7.01. The second kappa shape index (κ2) is 5.33. The van der Waals surface area contributed by atoms with Gasteiger partial charge in [-0.15, -0.1) is 0 Å². The standard InChI is InChI=1S/C16H23NO2/c1-4-16(2,3)15(19)17-11-10-13(18)14(17)12-8-6-5-7-9-12/h5-9,13-14,18H,4,10-11H2,1-3H3/t13-,14+/m0/s1. The number of hydrogen-bond donors (Lipinski definition) is 1. The van der Waals surface area contributed by atoms with E-state index in [0.29, 0.717) is 13.0 Å². The molecule has 2 rings (SSSR count). The quantitative estimate of drug-likeness (QED) is 0.909. The second-order valence-corrected chi connectivity index (χ2v) is 5.95. The normalized spacial score (nSPS) is 23.7. The van der Waals surface area contributed by atoms with Crippen molar-refractivity contribution in [2.45, 2.75) is 45.8 Å². The first-order chi connectivity index (χ1) is 8.97. The molecule has 0 unspecified atom stereocenters. The van der Waals surface area contributed by atoms with Crippen LogP contribution in [0.3, 0.4) is 0 Å². The lowest BCUT2D eigenvalue weighted by molar-refractivity contribution is -0.142. The van der Waals surface area contributed by atoms with Crippen LogP contribution in [0.1, 0.15) is 45.2 Å². The maximum absolute atomic E-state index is 12.6. The summed E-state index contributed by atoms with van der Waals surface area (Å²) in [5, 5.41) is 10.2. The van der Waals surface area contributed by atoms with Crippen molar-refractivity contribution in [2.75, 3.05) is 6.54 Å². The largest absolute Gasteiger partial charge is 0.391 e. The Labute approximate surface area is 115 Å². The highest BCUT2D eigenvalue weighted by molar-refractivity contribution is 5.82. The molecule has 1 aromatic rings. The van der Waals surface area contributed by atoms with Gasteiger partial charge in [-0.05, 0) is 18.4 Å². The van der Waals surface area contributed by atoms with E-state index >= 15 is 0 Å². The zero-order valence-corrected chi connectivity index (χ0v) is 12.0. The fourth-order valence-corrected chi connectivity index (χ4v) is 2.60. The zero-order chi connectivity index (χ0) is 14.0. The molecule has 1 saturated heterocycles. The molecule has 0 bridgehead atoms. The summed E-state index contributed by atoms with van der Waals surface area (Å²) in [6.07, 6.45) is 1.00.